The number of aromatic nitrogens is 1. The van der Waals surface area contributed by atoms with Crippen molar-refractivity contribution in [3.63, 3.8) is 0 Å². The molecule has 0 aliphatic heterocycles. The number of nitrogens with zero attached hydrogens (tertiary/aromatic N) is 1. The predicted molar refractivity (Wildman–Crippen MR) is 66.5 cm³/mol. The topological polar surface area (TPSA) is 50.9 Å². The van der Waals surface area contributed by atoms with Crippen molar-refractivity contribution in [2.45, 2.75) is 18.8 Å². The molecule has 0 radical (unpaired) electrons. The number of rotatable bonds is 2. The third-order valence-electron chi connectivity index (χ3n) is 3.00. The minimum absolute atomic E-state index is 0.319. The normalized spacial score (nSPS) is 15.2. The molecule has 1 aromatic carbocycles. The van der Waals surface area contributed by atoms with Crippen molar-refractivity contribution in [1.82, 2.24) is 4.98 Å². The first-order valence-electron chi connectivity index (χ1n) is 5.45. The summed E-state index contributed by atoms with van der Waals surface area (Å²) >= 11 is 6.02. The summed E-state index contributed by atoms with van der Waals surface area (Å²) in [7, 11) is 0. The van der Waals surface area contributed by atoms with Gasteiger partial charge in [0.05, 0.1) is 16.2 Å². The van der Waals surface area contributed by atoms with E-state index in [9.17, 15) is 4.39 Å². The van der Waals surface area contributed by atoms with Crippen molar-refractivity contribution in [3.8, 4) is 0 Å². The molecule has 0 bridgehead atoms. The monoisotopic (exact) mass is 251 g/mol. The van der Waals surface area contributed by atoms with Crippen LogP contribution in [0, 0.1) is 5.82 Å². The maximum Gasteiger partial charge on any atom is 0.125 e. The molecule has 0 saturated heterocycles. The van der Waals surface area contributed by atoms with E-state index in [2.05, 4.69) is 10.4 Å². The van der Waals surface area contributed by atoms with Gasteiger partial charge in [-0.2, -0.15) is 0 Å². The second kappa shape index (κ2) is 3.82. The van der Waals surface area contributed by atoms with Gasteiger partial charge in [0.15, 0.2) is 0 Å². The van der Waals surface area contributed by atoms with Crippen LogP contribution >= 0.6 is 11.6 Å². The largest absolute Gasteiger partial charge is 0.323 e. The lowest BCUT2D eigenvalue weighted by atomic mass is 10.1. The number of nitrogen functional groups attached to an aromatic ring is 1. The first-order valence-corrected chi connectivity index (χ1v) is 5.83. The molecule has 88 valence electrons. The highest BCUT2D eigenvalue weighted by molar-refractivity contribution is 6.35. The first-order chi connectivity index (χ1) is 8.19. The van der Waals surface area contributed by atoms with Crippen LogP contribution in [0.25, 0.3) is 10.9 Å². The maximum absolute atomic E-state index is 13.3. The van der Waals surface area contributed by atoms with Crippen LogP contribution in [0.1, 0.15) is 24.5 Å². The molecule has 1 aliphatic rings. The van der Waals surface area contributed by atoms with Gasteiger partial charge in [-0.3, -0.25) is 10.8 Å². The van der Waals surface area contributed by atoms with E-state index in [1.807, 2.05) is 6.07 Å². The molecule has 1 aromatic heterocycles. The van der Waals surface area contributed by atoms with Crippen LogP contribution in [-0.4, -0.2) is 4.98 Å². The number of pyridine rings is 1. The molecule has 2 aromatic rings. The first kappa shape index (κ1) is 10.7. The summed E-state index contributed by atoms with van der Waals surface area (Å²) in [4.78, 5) is 4.49. The highest BCUT2D eigenvalue weighted by atomic mass is 35.5. The van der Waals surface area contributed by atoms with E-state index in [1.165, 1.54) is 12.1 Å². The van der Waals surface area contributed by atoms with Crippen LogP contribution in [0.5, 0.6) is 0 Å². The van der Waals surface area contributed by atoms with Gasteiger partial charge < -0.3 is 5.43 Å². The minimum atomic E-state index is -0.389. The van der Waals surface area contributed by atoms with Crippen molar-refractivity contribution in [3.05, 3.63) is 34.7 Å². The number of nitrogens with two attached hydrogens (primary N) is 1. The standard InChI is InChI=1S/C12H11ClFN3/c13-9-4-7(14)3-8-11(17-15)5-10(6-1-2-6)16-12(8)9/h3-6H,1-2,15H2,(H,16,17). The fourth-order valence-electron chi connectivity index (χ4n) is 1.98. The molecule has 0 spiro atoms. The Bertz CT molecular complexity index is 596. The third-order valence-corrected chi connectivity index (χ3v) is 3.29. The van der Waals surface area contributed by atoms with Gasteiger partial charge >= 0.3 is 0 Å². The van der Waals surface area contributed by atoms with Crippen LogP contribution in [0.15, 0.2) is 18.2 Å². The lowest BCUT2D eigenvalue weighted by molar-refractivity contribution is 0.629. The Morgan fingerprint density at radius 1 is 1.35 bits per heavy atom. The van der Waals surface area contributed by atoms with E-state index in [1.54, 1.807) is 0 Å². The summed E-state index contributed by atoms with van der Waals surface area (Å²) in [6.45, 7) is 0. The van der Waals surface area contributed by atoms with Gasteiger partial charge in [-0.05, 0) is 31.0 Å². The molecule has 0 unspecified atom stereocenters. The van der Waals surface area contributed by atoms with Gasteiger partial charge in [-0.1, -0.05) is 11.6 Å². The highest BCUT2D eigenvalue weighted by Gasteiger charge is 2.26. The zero-order valence-corrected chi connectivity index (χ0v) is 9.76. The summed E-state index contributed by atoms with van der Waals surface area (Å²) in [5.41, 5.74) is 4.82. The van der Waals surface area contributed by atoms with Crippen molar-refractivity contribution < 1.29 is 4.39 Å². The Kier molecular flexibility index (Phi) is 2.42. The Hall–Kier alpha value is -1.39. The minimum Gasteiger partial charge on any atom is -0.323 e. The van der Waals surface area contributed by atoms with E-state index >= 15 is 0 Å². The lowest BCUT2D eigenvalue weighted by Gasteiger charge is -2.09. The molecule has 1 fully saturated rings. The molecular weight excluding hydrogens is 241 g/mol. The molecule has 17 heavy (non-hydrogen) atoms. The van der Waals surface area contributed by atoms with Crippen LogP contribution in [0.3, 0.4) is 0 Å². The Balaban J connectivity index is 2.31. The fraction of sp³-hybridized carbons (Fsp3) is 0.250. The molecule has 1 saturated carbocycles. The molecule has 3 nitrogen and oxygen atoms in total. The predicted octanol–water partition coefficient (Wildman–Crippen LogP) is 3.19. The number of anilines is 1. The number of benzene rings is 1. The zero-order chi connectivity index (χ0) is 12.0. The fourth-order valence-corrected chi connectivity index (χ4v) is 2.23. The molecule has 0 amide bonds. The zero-order valence-electron chi connectivity index (χ0n) is 9.00. The second-order valence-electron chi connectivity index (χ2n) is 4.30. The number of hydrogen-bond acceptors (Lipinski definition) is 3. The number of nitrogens with one attached hydrogen (secondary N) is 1. The molecule has 0 atom stereocenters. The Morgan fingerprint density at radius 2 is 2.12 bits per heavy atom. The van der Waals surface area contributed by atoms with Crippen LogP contribution in [-0.2, 0) is 0 Å². The highest BCUT2D eigenvalue weighted by Crippen LogP contribution is 2.41. The Labute approximate surface area is 103 Å². The average molecular weight is 252 g/mol. The van der Waals surface area contributed by atoms with Crippen molar-refractivity contribution in [1.29, 1.82) is 0 Å². The van der Waals surface area contributed by atoms with Gasteiger partial charge in [0, 0.05) is 17.0 Å². The van der Waals surface area contributed by atoms with E-state index < -0.39 is 0 Å². The van der Waals surface area contributed by atoms with E-state index in [0.29, 0.717) is 27.5 Å². The van der Waals surface area contributed by atoms with Crippen molar-refractivity contribution in [2.75, 3.05) is 5.43 Å². The van der Waals surface area contributed by atoms with Gasteiger partial charge in [0.1, 0.15) is 5.82 Å². The van der Waals surface area contributed by atoms with Gasteiger partial charge in [-0.25, -0.2) is 4.39 Å². The van der Waals surface area contributed by atoms with Gasteiger partial charge in [0.25, 0.3) is 0 Å². The smallest absolute Gasteiger partial charge is 0.125 e. The van der Waals surface area contributed by atoms with Crippen molar-refractivity contribution in [2.24, 2.45) is 5.84 Å². The Morgan fingerprint density at radius 3 is 2.76 bits per heavy atom. The van der Waals surface area contributed by atoms with Gasteiger partial charge in [0.2, 0.25) is 0 Å². The van der Waals surface area contributed by atoms with Crippen LogP contribution in [0.4, 0.5) is 10.1 Å². The summed E-state index contributed by atoms with van der Waals surface area (Å²) in [5, 5.41) is 0.931. The molecule has 1 heterocycles. The van der Waals surface area contributed by atoms with E-state index in [-0.39, 0.29) is 5.82 Å². The summed E-state index contributed by atoms with van der Waals surface area (Å²) in [6.07, 6.45) is 2.28. The lowest BCUT2D eigenvalue weighted by Crippen LogP contribution is -2.08. The maximum atomic E-state index is 13.3. The van der Waals surface area contributed by atoms with Crippen LogP contribution in [0.2, 0.25) is 5.02 Å². The summed E-state index contributed by atoms with van der Waals surface area (Å²) < 4.78 is 13.3. The number of hydrogen-bond donors (Lipinski definition) is 2. The SMILES string of the molecule is NNc1cc(C2CC2)nc2c(Cl)cc(F)cc12. The van der Waals surface area contributed by atoms with Gasteiger partial charge in [-0.15, -0.1) is 0 Å². The number of halogens is 2. The summed E-state index contributed by atoms with van der Waals surface area (Å²) in [5.74, 6) is 5.57. The quantitative estimate of drug-likeness (QED) is 0.637. The number of fused-ring (bicyclic) bond motifs is 1. The molecule has 3 N–H and O–H groups in total. The van der Waals surface area contributed by atoms with Crippen LogP contribution < -0.4 is 11.3 Å². The third kappa shape index (κ3) is 1.83. The van der Waals surface area contributed by atoms with E-state index in [0.717, 1.165) is 18.5 Å². The second-order valence-corrected chi connectivity index (χ2v) is 4.70. The summed E-state index contributed by atoms with van der Waals surface area (Å²) in [6, 6.07) is 4.53. The molecule has 3 rings (SSSR count). The van der Waals surface area contributed by atoms with Crippen molar-refractivity contribution >= 4 is 28.2 Å². The molecule has 5 heteroatoms. The average Bonchev–Trinajstić information content (AvgIpc) is 3.11. The molecular formula is C12H11ClFN3. The molecule has 1 aliphatic carbocycles. The van der Waals surface area contributed by atoms with E-state index in [4.69, 9.17) is 17.4 Å². The number of hydrazine groups is 1.